The predicted molar refractivity (Wildman–Crippen MR) is 109 cm³/mol. The average Bonchev–Trinajstić information content (AvgIpc) is 3.16. The maximum atomic E-state index is 12.7. The minimum Gasteiger partial charge on any atom is -0.296 e. The molecular formula is C19H20N4O3S2. The van der Waals surface area contributed by atoms with Crippen molar-refractivity contribution in [1.29, 1.82) is 0 Å². The van der Waals surface area contributed by atoms with Gasteiger partial charge in [-0.25, -0.2) is 13.1 Å². The zero-order valence-electron chi connectivity index (χ0n) is 15.4. The summed E-state index contributed by atoms with van der Waals surface area (Å²) < 4.78 is 27.8. The molecular weight excluding hydrogens is 396 g/mol. The highest BCUT2D eigenvalue weighted by atomic mass is 32.2. The number of aromatic nitrogens is 2. The van der Waals surface area contributed by atoms with Crippen LogP contribution in [0.1, 0.15) is 40.9 Å². The third-order valence-corrected chi connectivity index (χ3v) is 6.72. The number of carbonyl (C=O) groups is 1. The molecule has 1 aromatic heterocycles. The number of hydrogen-bond donors (Lipinski definition) is 2. The molecule has 9 heteroatoms. The van der Waals surface area contributed by atoms with E-state index in [2.05, 4.69) is 20.2 Å². The number of nitrogens with one attached hydrogen (secondary N) is 2. The molecule has 7 nitrogen and oxygen atoms in total. The smallest absolute Gasteiger partial charge is 0.270 e. The van der Waals surface area contributed by atoms with E-state index in [1.807, 2.05) is 50.2 Å². The number of rotatable bonds is 7. The van der Waals surface area contributed by atoms with Crippen molar-refractivity contribution < 1.29 is 13.2 Å². The first kappa shape index (κ1) is 20.1. The Morgan fingerprint density at radius 2 is 1.86 bits per heavy atom. The van der Waals surface area contributed by atoms with E-state index in [1.54, 1.807) is 18.2 Å². The van der Waals surface area contributed by atoms with Gasteiger partial charge in [0, 0.05) is 11.6 Å². The minimum absolute atomic E-state index is 0.125. The third kappa shape index (κ3) is 4.80. The number of anilines is 1. The van der Waals surface area contributed by atoms with E-state index in [9.17, 15) is 13.2 Å². The second-order valence-electron chi connectivity index (χ2n) is 6.19. The van der Waals surface area contributed by atoms with E-state index in [4.69, 9.17) is 0 Å². The van der Waals surface area contributed by atoms with Crippen LogP contribution in [0.15, 0.2) is 58.9 Å². The number of nitrogens with zero attached hydrogens (tertiary/aromatic N) is 2. The average molecular weight is 417 g/mol. The molecule has 1 amide bonds. The number of benzene rings is 2. The van der Waals surface area contributed by atoms with Crippen LogP contribution < -0.4 is 10.0 Å². The molecule has 2 N–H and O–H groups in total. The highest BCUT2D eigenvalue weighted by Gasteiger charge is 2.25. The molecule has 28 heavy (non-hydrogen) atoms. The zero-order valence-corrected chi connectivity index (χ0v) is 17.0. The molecule has 146 valence electrons. The molecule has 3 rings (SSSR count). The van der Waals surface area contributed by atoms with Gasteiger partial charge in [-0.3, -0.25) is 10.1 Å². The second kappa shape index (κ2) is 8.59. The maximum Gasteiger partial charge on any atom is 0.270 e. The van der Waals surface area contributed by atoms with Crippen LogP contribution in [0.3, 0.4) is 0 Å². The number of aryl methyl sites for hydroxylation is 1. The number of sulfonamides is 1. The minimum atomic E-state index is -3.86. The van der Waals surface area contributed by atoms with Gasteiger partial charge in [-0.2, -0.15) is 0 Å². The number of amides is 1. The van der Waals surface area contributed by atoms with Gasteiger partial charge in [0.15, 0.2) is 0 Å². The standard InChI is InChI=1S/C19H20N4O3S2/c1-3-16(14-9-5-4-6-10-14)23-28(25,26)19-22-21-18(27-19)20-17(24)15-11-7-8-13(2)12-15/h4-12,16,23H,3H2,1-2H3,(H,20,21,24). The van der Waals surface area contributed by atoms with Gasteiger partial charge in [-0.05, 0) is 31.0 Å². The summed E-state index contributed by atoms with van der Waals surface area (Å²) in [5.41, 5.74) is 2.28. The van der Waals surface area contributed by atoms with Crippen molar-refractivity contribution in [1.82, 2.24) is 14.9 Å². The SMILES string of the molecule is CCC(NS(=O)(=O)c1nnc(NC(=O)c2cccc(C)c2)s1)c1ccccc1. The van der Waals surface area contributed by atoms with Crippen molar-refractivity contribution in [2.24, 2.45) is 0 Å². The first-order valence-electron chi connectivity index (χ1n) is 8.68. The van der Waals surface area contributed by atoms with E-state index >= 15 is 0 Å². The third-order valence-electron chi connectivity index (χ3n) is 4.04. The molecule has 2 aromatic carbocycles. The fourth-order valence-corrected chi connectivity index (χ4v) is 4.85. The largest absolute Gasteiger partial charge is 0.296 e. The molecule has 1 atom stereocenters. The summed E-state index contributed by atoms with van der Waals surface area (Å²) in [5, 5.41) is 10.2. The van der Waals surface area contributed by atoms with Crippen molar-refractivity contribution in [2.45, 2.75) is 30.6 Å². The van der Waals surface area contributed by atoms with Crippen molar-refractivity contribution >= 4 is 32.4 Å². The van der Waals surface area contributed by atoms with Crippen LogP contribution in [-0.2, 0) is 10.0 Å². The number of carbonyl (C=O) groups excluding carboxylic acids is 1. The summed E-state index contributed by atoms with van der Waals surface area (Å²) in [5.74, 6) is -0.368. The quantitative estimate of drug-likeness (QED) is 0.574. The van der Waals surface area contributed by atoms with Crippen molar-refractivity contribution in [3.8, 4) is 0 Å². The Hall–Kier alpha value is -2.62. The number of hydrogen-bond acceptors (Lipinski definition) is 6. The summed E-state index contributed by atoms with van der Waals surface area (Å²) in [6.07, 6.45) is 0.582. The molecule has 0 spiro atoms. The second-order valence-corrected chi connectivity index (χ2v) is 9.05. The first-order chi connectivity index (χ1) is 13.4. The topological polar surface area (TPSA) is 101 Å². The van der Waals surface area contributed by atoms with Gasteiger partial charge >= 0.3 is 0 Å². The summed E-state index contributed by atoms with van der Waals surface area (Å²) in [4.78, 5) is 12.3. The molecule has 0 saturated carbocycles. The van der Waals surface area contributed by atoms with Crippen LogP contribution in [0, 0.1) is 6.92 Å². The van der Waals surface area contributed by atoms with Crippen molar-refractivity contribution in [3.05, 3.63) is 71.3 Å². The van der Waals surface area contributed by atoms with Gasteiger partial charge in [0.05, 0.1) is 0 Å². The van der Waals surface area contributed by atoms with Crippen LogP contribution >= 0.6 is 11.3 Å². The van der Waals surface area contributed by atoms with Crippen LogP contribution in [0.25, 0.3) is 0 Å². The van der Waals surface area contributed by atoms with E-state index in [0.717, 1.165) is 22.5 Å². The first-order valence-corrected chi connectivity index (χ1v) is 11.0. The van der Waals surface area contributed by atoms with Crippen LogP contribution in [0.4, 0.5) is 5.13 Å². The Morgan fingerprint density at radius 3 is 2.54 bits per heavy atom. The summed E-state index contributed by atoms with van der Waals surface area (Å²) in [6, 6.07) is 16.0. The fourth-order valence-electron chi connectivity index (χ4n) is 2.63. The molecule has 1 unspecified atom stereocenters. The van der Waals surface area contributed by atoms with E-state index in [1.165, 1.54) is 0 Å². The lowest BCUT2D eigenvalue weighted by atomic mass is 10.1. The van der Waals surface area contributed by atoms with Crippen LogP contribution in [-0.4, -0.2) is 24.5 Å². The Morgan fingerprint density at radius 1 is 1.11 bits per heavy atom. The molecule has 0 fully saturated rings. The van der Waals surface area contributed by atoms with Crippen molar-refractivity contribution in [3.63, 3.8) is 0 Å². The molecule has 0 aliphatic rings. The fraction of sp³-hybridized carbons (Fsp3) is 0.211. The molecule has 3 aromatic rings. The normalized spacial score (nSPS) is 12.5. The lowest BCUT2D eigenvalue weighted by Crippen LogP contribution is -2.28. The molecule has 0 bridgehead atoms. The molecule has 0 aliphatic carbocycles. The van der Waals surface area contributed by atoms with Gasteiger partial charge in [-0.1, -0.05) is 66.3 Å². The highest BCUT2D eigenvalue weighted by molar-refractivity contribution is 7.91. The molecule has 0 aliphatic heterocycles. The Balaban J connectivity index is 1.74. The van der Waals surface area contributed by atoms with Crippen LogP contribution in [0.5, 0.6) is 0 Å². The zero-order chi connectivity index (χ0) is 20.1. The van der Waals surface area contributed by atoms with Gasteiger partial charge in [0.2, 0.25) is 9.47 Å². The predicted octanol–water partition coefficient (Wildman–Crippen LogP) is 3.53. The Labute approximate surface area is 167 Å². The summed E-state index contributed by atoms with van der Waals surface area (Å²) >= 11 is 0.810. The molecule has 0 saturated heterocycles. The van der Waals surface area contributed by atoms with Gasteiger partial charge in [-0.15, -0.1) is 10.2 Å². The van der Waals surface area contributed by atoms with E-state index < -0.39 is 10.0 Å². The van der Waals surface area contributed by atoms with E-state index in [-0.39, 0.29) is 21.4 Å². The Bertz CT molecular complexity index is 1070. The monoisotopic (exact) mass is 416 g/mol. The summed E-state index contributed by atoms with van der Waals surface area (Å²) in [7, 11) is -3.86. The van der Waals surface area contributed by atoms with Gasteiger partial charge < -0.3 is 0 Å². The maximum absolute atomic E-state index is 12.7. The Kier molecular flexibility index (Phi) is 6.18. The lowest BCUT2D eigenvalue weighted by molar-refractivity contribution is 0.102. The highest BCUT2D eigenvalue weighted by Crippen LogP contribution is 2.24. The van der Waals surface area contributed by atoms with E-state index in [0.29, 0.717) is 12.0 Å². The lowest BCUT2D eigenvalue weighted by Gasteiger charge is -2.16. The van der Waals surface area contributed by atoms with Crippen LogP contribution in [0.2, 0.25) is 0 Å². The molecule has 1 heterocycles. The molecule has 0 radical (unpaired) electrons. The van der Waals surface area contributed by atoms with Gasteiger partial charge in [0.1, 0.15) is 0 Å². The summed E-state index contributed by atoms with van der Waals surface area (Å²) in [6.45, 7) is 3.78. The van der Waals surface area contributed by atoms with Gasteiger partial charge in [0.25, 0.3) is 15.9 Å². The van der Waals surface area contributed by atoms with Crippen molar-refractivity contribution in [2.75, 3.05) is 5.32 Å².